The second-order valence-electron chi connectivity index (χ2n) is 8.91. The fraction of sp³-hybridized carbons (Fsp3) is 0.480. The SMILES string of the molecule is CCC(CF)CN(C)C(=O)c1cnn2c(=O)cc(-c3ccc(C4CCCCC4)cc3)[nH]c12. The number of hydrogen-bond donors (Lipinski definition) is 1. The van der Waals surface area contributed by atoms with Crippen molar-refractivity contribution in [3.05, 3.63) is 58.0 Å². The van der Waals surface area contributed by atoms with Crippen molar-refractivity contribution in [3.63, 3.8) is 0 Å². The molecular weight excluding hydrogens is 407 g/mol. The van der Waals surface area contributed by atoms with Crippen LogP contribution in [0.1, 0.15) is 67.3 Å². The standard InChI is InChI=1S/C25H31FN4O2/c1-3-17(14-26)16-29(2)25(32)21-15-27-30-23(31)13-22(28-24(21)30)20-11-9-19(10-12-20)18-7-5-4-6-8-18/h9-13,15,17-18,28H,3-8,14,16H2,1-2H3. The molecule has 3 aromatic rings. The molecular formula is C25H31FN4O2. The van der Waals surface area contributed by atoms with Crippen LogP contribution < -0.4 is 5.56 Å². The molecule has 1 unspecified atom stereocenters. The second kappa shape index (κ2) is 9.67. The highest BCUT2D eigenvalue weighted by Crippen LogP contribution is 2.33. The number of halogens is 1. The zero-order chi connectivity index (χ0) is 22.7. The Morgan fingerprint density at radius 1 is 1.25 bits per heavy atom. The first kappa shape index (κ1) is 22.2. The molecule has 4 rings (SSSR count). The summed E-state index contributed by atoms with van der Waals surface area (Å²) in [6, 6.07) is 9.85. The number of carbonyl (C=O) groups excluding carboxylic acids is 1. The molecule has 1 aliphatic rings. The van der Waals surface area contributed by atoms with Gasteiger partial charge in [-0.05, 0) is 36.3 Å². The summed E-state index contributed by atoms with van der Waals surface area (Å²) in [5.74, 6) is 0.126. The van der Waals surface area contributed by atoms with E-state index in [1.807, 2.05) is 19.1 Å². The number of nitrogens with one attached hydrogen (secondary N) is 1. The van der Waals surface area contributed by atoms with Crippen LogP contribution in [-0.4, -0.2) is 45.7 Å². The number of nitrogens with zero attached hydrogens (tertiary/aromatic N) is 3. The van der Waals surface area contributed by atoms with Crippen molar-refractivity contribution in [1.82, 2.24) is 19.5 Å². The molecule has 0 spiro atoms. The van der Waals surface area contributed by atoms with Gasteiger partial charge in [0.25, 0.3) is 11.5 Å². The van der Waals surface area contributed by atoms with E-state index in [1.54, 1.807) is 7.05 Å². The summed E-state index contributed by atoms with van der Waals surface area (Å²) in [5.41, 5.74) is 3.23. The van der Waals surface area contributed by atoms with Crippen molar-refractivity contribution in [2.45, 2.75) is 51.4 Å². The second-order valence-corrected chi connectivity index (χ2v) is 8.91. The zero-order valence-corrected chi connectivity index (χ0v) is 18.8. The lowest BCUT2D eigenvalue weighted by Gasteiger charge is -2.22. The van der Waals surface area contributed by atoms with Crippen molar-refractivity contribution in [2.75, 3.05) is 20.3 Å². The van der Waals surface area contributed by atoms with E-state index in [0.717, 1.165) is 5.56 Å². The van der Waals surface area contributed by atoms with Crippen molar-refractivity contribution in [1.29, 1.82) is 0 Å². The fourth-order valence-corrected chi connectivity index (χ4v) is 4.63. The molecule has 0 aliphatic heterocycles. The molecule has 1 aromatic carbocycles. The van der Waals surface area contributed by atoms with E-state index in [4.69, 9.17) is 0 Å². The summed E-state index contributed by atoms with van der Waals surface area (Å²) in [7, 11) is 1.65. The van der Waals surface area contributed by atoms with E-state index in [2.05, 4.69) is 22.2 Å². The van der Waals surface area contributed by atoms with Gasteiger partial charge in [-0.2, -0.15) is 9.61 Å². The Hall–Kier alpha value is -2.96. The summed E-state index contributed by atoms with van der Waals surface area (Å²) < 4.78 is 14.3. The van der Waals surface area contributed by atoms with Crippen LogP contribution in [0.4, 0.5) is 4.39 Å². The zero-order valence-electron chi connectivity index (χ0n) is 18.8. The third-order valence-electron chi connectivity index (χ3n) is 6.70. The topological polar surface area (TPSA) is 70.5 Å². The molecule has 170 valence electrons. The van der Waals surface area contributed by atoms with E-state index in [1.165, 1.54) is 59.3 Å². The number of aromatic amines is 1. The molecule has 7 heteroatoms. The van der Waals surface area contributed by atoms with Gasteiger partial charge in [0.05, 0.1) is 18.6 Å². The summed E-state index contributed by atoms with van der Waals surface area (Å²) in [6.45, 7) is 1.75. The van der Waals surface area contributed by atoms with E-state index >= 15 is 0 Å². The van der Waals surface area contributed by atoms with Crippen LogP contribution in [0.25, 0.3) is 16.9 Å². The van der Waals surface area contributed by atoms with Gasteiger partial charge in [0.2, 0.25) is 0 Å². The van der Waals surface area contributed by atoms with Crippen LogP contribution in [-0.2, 0) is 0 Å². The maximum atomic E-state index is 13.1. The number of H-pyrrole nitrogens is 1. The highest BCUT2D eigenvalue weighted by Gasteiger charge is 2.21. The van der Waals surface area contributed by atoms with Gasteiger partial charge in [-0.15, -0.1) is 0 Å². The average Bonchev–Trinajstić information content (AvgIpc) is 3.27. The van der Waals surface area contributed by atoms with Gasteiger partial charge >= 0.3 is 0 Å². The number of fused-ring (bicyclic) bond motifs is 1. The molecule has 0 bridgehead atoms. The van der Waals surface area contributed by atoms with Gasteiger partial charge in [0.1, 0.15) is 5.56 Å². The minimum Gasteiger partial charge on any atom is -0.341 e. The number of benzene rings is 1. The molecule has 2 heterocycles. The predicted molar refractivity (Wildman–Crippen MR) is 124 cm³/mol. The Labute approximate surface area is 187 Å². The molecule has 6 nitrogen and oxygen atoms in total. The van der Waals surface area contributed by atoms with Crippen LogP contribution in [0.15, 0.2) is 41.3 Å². The first-order valence-electron chi connectivity index (χ1n) is 11.5. The Bertz CT molecular complexity index is 1130. The lowest BCUT2D eigenvalue weighted by atomic mass is 9.84. The van der Waals surface area contributed by atoms with Crippen LogP contribution >= 0.6 is 0 Å². The van der Waals surface area contributed by atoms with Crippen molar-refractivity contribution < 1.29 is 9.18 Å². The van der Waals surface area contributed by atoms with Crippen molar-refractivity contribution in [3.8, 4) is 11.3 Å². The van der Waals surface area contributed by atoms with Crippen LogP contribution in [0, 0.1) is 5.92 Å². The van der Waals surface area contributed by atoms with E-state index in [-0.39, 0.29) is 17.4 Å². The van der Waals surface area contributed by atoms with Crippen LogP contribution in [0.5, 0.6) is 0 Å². The minimum absolute atomic E-state index is 0.205. The number of hydrogen-bond acceptors (Lipinski definition) is 3. The summed E-state index contributed by atoms with van der Waals surface area (Å²) in [5, 5.41) is 4.10. The van der Waals surface area contributed by atoms with E-state index < -0.39 is 6.67 Å². The molecule has 1 atom stereocenters. The van der Waals surface area contributed by atoms with E-state index in [0.29, 0.717) is 35.8 Å². The maximum Gasteiger partial charge on any atom is 0.274 e. The molecule has 1 N–H and O–H groups in total. The van der Waals surface area contributed by atoms with Gasteiger partial charge in [-0.25, -0.2) is 0 Å². The molecule has 1 saturated carbocycles. The molecule has 1 fully saturated rings. The van der Waals surface area contributed by atoms with Gasteiger partial charge < -0.3 is 9.88 Å². The smallest absolute Gasteiger partial charge is 0.274 e. The minimum atomic E-state index is -0.472. The monoisotopic (exact) mass is 438 g/mol. The van der Waals surface area contributed by atoms with Gasteiger partial charge in [-0.3, -0.25) is 14.0 Å². The lowest BCUT2D eigenvalue weighted by molar-refractivity contribution is 0.0765. The lowest BCUT2D eigenvalue weighted by Crippen LogP contribution is -2.32. The first-order valence-corrected chi connectivity index (χ1v) is 11.5. The molecule has 0 radical (unpaired) electrons. The largest absolute Gasteiger partial charge is 0.341 e. The number of aromatic nitrogens is 3. The third-order valence-corrected chi connectivity index (χ3v) is 6.70. The molecule has 2 aromatic heterocycles. The molecule has 32 heavy (non-hydrogen) atoms. The number of amides is 1. The Balaban J connectivity index is 1.63. The Kier molecular flexibility index (Phi) is 6.72. The Morgan fingerprint density at radius 2 is 1.97 bits per heavy atom. The maximum absolute atomic E-state index is 13.1. The van der Waals surface area contributed by atoms with Crippen LogP contribution in [0.2, 0.25) is 0 Å². The van der Waals surface area contributed by atoms with E-state index in [9.17, 15) is 14.0 Å². The van der Waals surface area contributed by atoms with Crippen molar-refractivity contribution >= 4 is 11.6 Å². The van der Waals surface area contributed by atoms with Crippen LogP contribution in [0.3, 0.4) is 0 Å². The quantitative estimate of drug-likeness (QED) is 0.576. The van der Waals surface area contributed by atoms with Gasteiger partial charge in [0.15, 0.2) is 5.65 Å². The first-order chi connectivity index (χ1) is 15.5. The molecule has 0 saturated heterocycles. The highest BCUT2D eigenvalue weighted by atomic mass is 19.1. The number of alkyl halides is 1. The molecule has 1 amide bonds. The van der Waals surface area contributed by atoms with Crippen molar-refractivity contribution in [2.24, 2.45) is 5.92 Å². The highest BCUT2D eigenvalue weighted by molar-refractivity contribution is 5.99. The molecule has 1 aliphatic carbocycles. The third kappa shape index (κ3) is 4.47. The number of rotatable bonds is 7. The summed E-state index contributed by atoms with van der Waals surface area (Å²) in [4.78, 5) is 30.4. The van der Waals surface area contributed by atoms with Gasteiger partial charge in [-0.1, -0.05) is 50.5 Å². The summed E-state index contributed by atoms with van der Waals surface area (Å²) >= 11 is 0. The average molecular weight is 439 g/mol. The summed E-state index contributed by atoms with van der Waals surface area (Å²) in [6.07, 6.45) is 8.42. The Morgan fingerprint density at radius 3 is 2.62 bits per heavy atom. The number of carbonyl (C=O) groups is 1. The van der Waals surface area contributed by atoms with Gasteiger partial charge in [0, 0.05) is 25.6 Å². The fourth-order valence-electron chi connectivity index (χ4n) is 4.63. The predicted octanol–water partition coefficient (Wildman–Crippen LogP) is 4.81. The normalized spacial score (nSPS) is 15.7.